The summed E-state index contributed by atoms with van der Waals surface area (Å²) in [4.78, 5) is 12.7. The minimum Gasteiger partial charge on any atom is -0.391 e. The van der Waals surface area contributed by atoms with E-state index in [-0.39, 0.29) is 5.91 Å². The van der Waals surface area contributed by atoms with Gasteiger partial charge < -0.3 is 11.1 Å². The van der Waals surface area contributed by atoms with E-state index >= 15 is 0 Å². The zero-order valence-electron chi connectivity index (χ0n) is 10.2. The number of halogens is 2. The van der Waals surface area contributed by atoms with Crippen molar-refractivity contribution in [3.05, 3.63) is 33.3 Å². The third-order valence-corrected chi connectivity index (χ3v) is 4.67. The van der Waals surface area contributed by atoms with E-state index in [2.05, 4.69) is 21.2 Å². The highest BCUT2D eigenvalue weighted by Gasteiger charge is 2.38. The summed E-state index contributed by atoms with van der Waals surface area (Å²) in [6, 6.07) is 5.17. The first-order chi connectivity index (χ1) is 8.94. The second-order valence-electron chi connectivity index (χ2n) is 4.73. The molecule has 1 saturated carbocycles. The van der Waals surface area contributed by atoms with Gasteiger partial charge in [-0.3, -0.25) is 4.79 Å². The lowest BCUT2D eigenvalue weighted by Crippen LogP contribution is -2.54. The predicted octanol–water partition coefficient (Wildman–Crippen LogP) is 3.43. The highest BCUT2D eigenvalue weighted by molar-refractivity contribution is 9.10. The monoisotopic (exact) mass is 360 g/mol. The Kier molecular flexibility index (Phi) is 4.48. The Hall–Kier alpha value is -0.650. The van der Waals surface area contributed by atoms with Crippen molar-refractivity contribution < 1.29 is 4.79 Å². The number of nitrogens with two attached hydrogens (primary N) is 1. The number of amides is 1. The number of carbonyl (C=O) groups excluding carboxylic acids is 1. The molecule has 0 atom stereocenters. The van der Waals surface area contributed by atoms with E-state index in [0.717, 1.165) is 30.2 Å². The molecule has 3 N–H and O–H groups in total. The molecule has 1 aliphatic carbocycles. The molecule has 0 radical (unpaired) electrons. The summed E-state index contributed by atoms with van der Waals surface area (Å²) in [7, 11) is 0. The van der Waals surface area contributed by atoms with Gasteiger partial charge in [0.05, 0.1) is 21.1 Å². The van der Waals surface area contributed by atoms with Crippen LogP contribution < -0.4 is 11.1 Å². The molecule has 0 heterocycles. The van der Waals surface area contributed by atoms with Gasteiger partial charge in [-0.25, -0.2) is 0 Å². The highest BCUT2D eigenvalue weighted by Crippen LogP contribution is 2.31. The largest absolute Gasteiger partial charge is 0.391 e. The minimum atomic E-state index is -0.557. The molecule has 1 aliphatic rings. The zero-order valence-corrected chi connectivity index (χ0v) is 13.4. The molecule has 1 fully saturated rings. The van der Waals surface area contributed by atoms with E-state index in [1.54, 1.807) is 18.2 Å². The van der Waals surface area contributed by atoms with Crippen LogP contribution in [0.15, 0.2) is 22.7 Å². The Morgan fingerprint density at radius 3 is 2.63 bits per heavy atom. The van der Waals surface area contributed by atoms with Crippen molar-refractivity contribution in [2.24, 2.45) is 5.73 Å². The van der Waals surface area contributed by atoms with Gasteiger partial charge in [0.15, 0.2) is 0 Å². The number of hydrogen-bond acceptors (Lipinski definition) is 2. The van der Waals surface area contributed by atoms with Gasteiger partial charge >= 0.3 is 0 Å². The van der Waals surface area contributed by atoms with Crippen LogP contribution in [0.5, 0.6) is 0 Å². The summed E-state index contributed by atoms with van der Waals surface area (Å²) >= 11 is 14.5. The fourth-order valence-electron chi connectivity index (χ4n) is 2.37. The van der Waals surface area contributed by atoms with Crippen molar-refractivity contribution in [1.82, 2.24) is 5.32 Å². The van der Waals surface area contributed by atoms with Crippen LogP contribution in [0.4, 0.5) is 0 Å². The lowest BCUT2D eigenvalue weighted by atomic mass is 9.97. The average Bonchev–Trinajstić information content (AvgIpc) is 2.82. The second kappa shape index (κ2) is 5.77. The molecule has 0 aliphatic heterocycles. The van der Waals surface area contributed by atoms with E-state index in [1.807, 2.05) is 0 Å². The standard InChI is InChI=1S/C13H14BrClN2OS/c14-8-3-4-10(15)9(7-8)11(18)17-13(12(16)19)5-1-2-6-13/h3-4,7H,1-2,5-6H2,(H2,16,19)(H,17,18). The van der Waals surface area contributed by atoms with E-state index in [0.29, 0.717) is 15.6 Å². The number of hydrogen-bond donors (Lipinski definition) is 2. The van der Waals surface area contributed by atoms with Crippen molar-refractivity contribution >= 4 is 50.6 Å². The first-order valence-corrected chi connectivity index (χ1v) is 7.60. The molecular formula is C13H14BrClN2OS. The van der Waals surface area contributed by atoms with Gasteiger partial charge in [0.1, 0.15) is 0 Å². The zero-order chi connectivity index (χ0) is 14.0. The first-order valence-electron chi connectivity index (χ1n) is 6.02. The molecule has 0 bridgehead atoms. The molecule has 1 aromatic carbocycles. The molecule has 3 nitrogen and oxygen atoms in total. The summed E-state index contributed by atoms with van der Waals surface area (Å²) < 4.78 is 0.804. The molecule has 19 heavy (non-hydrogen) atoms. The Balaban J connectivity index is 2.25. The summed E-state index contributed by atoms with van der Waals surface area (Å²) in [5.74, 6) is -0.235. The van der Waals surface area contributed by atoms with Crippen LogP contribution in [0.2, 0.25) is 5.02 Å². The molecule has 1 aromatic rings. The van der Waals surface area contributed by atoms with Crippen LogP contribution in [0, 0.1) is 0 Å². The fraction of sp³-hybridized carbons (Fsp3) is 0.385. The Morgan fingerprint density at radius 1 is 1.42 bits per heavy atom. The first kappa shape index (κ1) is 14.8. The van der Waals surface area contributed by atoms with Gasteiger partial charge in [-0.2, -0.15) is 0 Å². The van der Waals surface area contributed by atoms with Crippen molar-refractivity contribution in [3.8, 4) is 0 Å². The average molecular weight is 362 g/mol. The van der Waals surface area contributed by atoms with Gasteiger partial charge in [-0.15, -0.1) is 0 Å². The normalized spacial score (nSPS) is 17.2. The van der Waals surface area contributed by atoms with Crippen LogP contribution in [0.25, 0.3) is 0 Å². The lowest BCUT2D eigenvalue weighted by Gasteiger charge is -2.29. The highest BCUT2D eigenvalue weighted by atomic mass is 79.9. The van der Waals surface area contributed by atoms with E-state index in [1.165, 1.54) is 0 Å². The summed E-state index contributed by atoms with van der Waals surface area (Å²) in [5.41, 5.74) is 5.67. The topological polar surface area (TPSA) is 55.1 Å². The number of carbonyl (C=O) groups is 1. The third-order valence-electron chi connectivity index (χ3n) is 3.45. The molecule has 0 aromatic heterocycles. The van der Waals surface area contributed by atoms with Gasteiger partial charge in [-0.1, -0.05) is 52.6 Å². The smallest absolute Gasteiger partial charge is 0.253 e. The summed E-state index contributed by atoms with van der Waals surface area (Å²) in [5, 5.41) is 3.38. The summed E-state index contributed by atoms with van der Waals surface area (Å²) in [6.07, 6.45) is 3.62. The van der Waals surface area contributed by atoms with Crippen LogP contribution >= 0.6 is 39.7 Å². The maximum absolute atomic E-state index is 12.4. The minimum absolute atomic E-state index is 0.235. The van der Waals surface area contributed by atoms with E-state index in [9.17, 15) is 4.79 Å². The molecular weight excluding hydrogens is 348 g/mol. The van der Waals surface area contributed by atoms with Gasteiger partial charge in [-0.05, 0) is 31.0 Å². The van der Waals surface area contributed by atoms with E-state index < -0.39 is 5.54 Å². The SMILES string of the molecule is NC(=S)C1(NC(=O)c2cc(Br)ccc2Cl)CCCC1. The number of thiocarbonyl (C=S) groups is 1. The maximum Gasteiger partial charge on any atom is 0.253 e. The molecule has 6 heteroatoms. The number of nitrogens with one attached hydrogen (secondary N) is 1. The van der Waals surface area contributed by atoms with Crippen molar-refractivity contribution in [1.29, 1.82) is 0 Å². The van der Waals surface area contributed by atoms with Crippen LogP contribution in [0.3, 0.4) is 0 Å². The fourth-order valence-corrected chi connectivity index (χ4v) is 3.19. The van der Waals surface area contributed by atoms with Crippen molar-refractivity contribution in [2.75, 3.05) is 0 Å². The molecule has 0 saturated heterocycles. The predicted molar refractivity (Wildman–Crippen MR) is 84.6 cm³/mol. The Bertz CT molecular complexity index is 529. The van der Waals surface area contributed by atoms with Crippen molar-refractivity contribution in [3.63, 3.8) is 0 Å². The number of rotatable bonds is 3. The molecule has 1 amide bonds. The quantitative estimate of drug-likeness (QED) is 0.811. The van der Waals surface area contributed by atoms with Gasteiger partial charge in [0.25, 0.3) is 5.91 Å². The molecule has 0 spiro atoms. The maximum atomic E-state index is 12.4. The lowest BCUT2D eigenvalue weighted by molar-refractivity contribution is 0.0924. The molecule has 102 valence electrons. The third kappa shape index (κ3) is 3.09. The molecule has 0 unspecified atom stereocenters. The van der Waals surface area contributed by atoms with Crippen LogP contribution in [-0.4, -0.2) is 16.4 Å². The van der Waals surface area contributed by atoms with E-state index in [4.69, 9.17) is 29.6 Å². The number of benzene rings is 1. The van der Waals surface area contributed by atoms with Gasteiger partial charge in [0.2, 0.25) is 0 Å². The summed E-state index contributed by atoms with van der Waals surface area (Å²) in [6.45, 7) is 0. The van der Waals surface area contributed by atoms with Crippen LogP contribution in [-0.2, 0) is 0 Å². The Morgan fingerprint density at radius 2 is 2.05 bits per heavy atom. The Labute approximate surface area is 131 Å². The van der Waals surface area contributed by atoms with Crippen LogP contribution in [0.1, 0.15) is 36.0 Å². The molecule has 2 rings (SSSR count). The van der Waals surface area contributed by atoms with Crippen molar-refractivity contribution in [2.45, 2.75) is 31.2 Å². The van der Waals surface area contributed by atoms with Gasteiger partial charge in [0, 0.05) is 4.47 Å². The second-order valence-corrected chi connectivity index (χ2v) is 6.49.